The van der Waals surface area contributed by atoms with Crippen LogP contribution in [0.15, 0.2) is 109 Å². The van der Waals surface area contributed by atoms with Gasteiger partial charge >= 0.3 is 6.09 Å². The van der Waals surface area contributed by atoms with Crippen LogP contribution in [0.4, 0.5) is 4.79 Å². The third-order valence-electron chi connectivity index (χ3n) is 11.3. The molecule has 4 atom stereocenters. The SMILES string of the molecule is NCCCCC(NC(=O)OCC1c2ccccc2-c2ccccc21)C(=O)NC(Cc1ccccc1)C(=O)NC(CCCCN)C(=O)NC(CCCCNC(=O)c1ccccc1)C(N)=O. The Morgan fingerprint density at radius 1 is 0.531 bits per heavy atom. The molecule has 0 saturated heterocycles. The zero-order chi connectivity index (χ0) is 45.7. The van der Waals surface area contributed by atoms with Gasteiger partial charge in [0.15, 0.2) is 0 Å². The number of rotatable bonds is 26. The molecule has 1 aliphatic rings. The van der Waals surface area contributed by atoms with Crippen LogP contribution in [0.5, 0.6) is 0 Å². The highest BCUT2D eigenvalue weighted by molar-refractivity contribution is 5.95. The van der Waals surface area contributed by atoms with Crippen molar-refractivity contribution in [1.82, 2.24) is 26.6 Å². The van der Waals surface area contributed by atoms with Crippen molar-refractivity contribution in [3.63, 3.8) is 0 Å². The Bertz CT molecular complexity index is 2110. The number of nitrogens with two attached hydrogens (primary N) is 3. The minimum absolute atomic E-state index is 0.0488. The molecule has 0 bridgehead atoms. The van der Waals surface area contributed by atoms with Crippen molar-refractivity contribution in [2.45, 2.75) is 94.3 Å². The van der Waals surface area contributed by atoms with Crippen molar-refractivity contribution < 1.29 is 33.5 Å². The minimum atomic E-state index is -1.17. The molecule has 0 fully saturated rings. The normalized spacial score (nSPS) is 13.5. The Hall–Kier alpha value is -6.58. The number of alkyl carbamates (subject to hydrolysis) is 1. The molecule has 4 aromatic rings. The summed E-state index contributed by atoms with van der Waals surface area (Å²) in [4.78, 5) is 80.5. The van der Waals surface area contributed by atoms with E-state index in [0.717, 1.165) is 27.8 Å². The van der Waals surface area contributed by atoms with Gasteiger partial charge in [0.05, 0.1) is 0 Å². The monoisotopic (exact) mass is 874 g/mol. The number of amides is 6. The van der Waals surface area contributed by atoms with E-state index in [0.29, 0.717) is 63.7 Å². The maximum atomic E-state index is 14.2. The molecule has 64 heavy (non-hydrogen) atoms. The average molecular weight is 875 g/mol. The van der Waals surface area contributed by atoms with Crippen LogP contribution in [-0.4, -0.2) is 86.0 Å². The lowest BCUT2D eigenvalue weighted by atomic mass is 9.98. The number of fused-ring (bicyclic) bond motifs is 3. The Morgan fingerprint density at radius 2 is 1.00 bits per heavy atom. The van der Waals surface area contributed by atoms with E-state index in [9.17, 15) is 28.8 Å². The van der Waals surface area contributed by atoms with Crippen LogP contribution in [0.1, 0.15) is 90.8 Å². The molecule has 5 rings (SSSR count). The van der Waals surface area contributed by atoms with Gasteiger partial charge in [-0.1, -0.05) is 97.1 Å². The number of benzene rings is 4. The summed E-state index contributed by atoms with van der Waals surface area (Å²) in [6.07, 6.45) is 3.09. The number of unbranched alkanes of at least 4 members (excludes halogenated alkanes) is 3. The first-order chi connectivity index (χ1) is 31.1. The van der Waals surface area contributed by atoms with Crippen molar-refractivity contribution >= 4 is 35.6 Å². The second-order valence-corrected chi connectivity index (χ2v) is 16.0. The summed E-state index contributed by atoms with van der Waals surface area (Å²) < 4.78 is 5.77. The second-order valence-electron chi connectivity index (χ2n) is 16.0. The molecule has 15 heteroatoms. The van der Waals surface area contributed by atoms with E-state index in [2.05, 4.69) is 26.6 Å². The summed E-state index contributed by atoms with van der Waals surface area (Å²) in [6, 6.07) is 29.5. The van der Waals surface area contributed by atoms with Gasteiger partial charge in [0.25, 0.3) is 5.91 Å². The summed E-state index contributed by atoms with van der Waals surface area (Å²) in [5, 5.41) is 13.9. The van der Waals surface area contributed by atoms with Crippen LogP contribution >= 0.6 is 0 Å². The van der Waals surface area contributed by atoms with Gasteiger partial charge in [-0.3, -0.25) is 24.0 Å². The number of ether oxygens (including phenoxy) is 1. The molecule has 6 amide bonds. The highest BCUT2D eigenvalue weighted by Crippen LogP contribution is 2.44. The molecule has 0 spiro atoms. The first-order valence-corrected chi connectivity index (χ1v) is 22.2. The van der Waals surface area contributed by atoms with E-state index < -0.39 is 53.9 Å². The number of primary amides is 1. The van der Waals surface area contributed by atoms with Gasteiger partial charge < -0.3 is 48.5 Å². The Morgan fingerprint density at radius 3 is 1.58 bits per heavy atom. The van der Waals surface area contributed by atoms with Gasteiger partial charge in [-0.2, -0.15) is 0 Å². The minimum Gasteiger partial charge on any atom is -0.449 e. The van der Waals surface area contributed by atoms with Crippen molar-refractivity contribution in [2.75, 3.05) is 26.2 Å². The molecular weight excluding hydrogens is 813 g/mol. The van der Waals surface area contributed by atoms with Gasteiger partial charge in [0.1, 0.15) is 30.8 Å². The standard InChI is InChI=1S/C49H62N8O7/c50-28-14-11-26-41(46(60)54-40(44(52)58)25-13-16-30-53-45(59)34-19-5-2-6-20-34)55-48(62)43(31-33-17-3-1-4-18-33)56-47(61)42(27-12-15-29-51)57-49(63)64-32-39-37-23-9-7-21-35(37)36-22-8-10-24-38(36)39/h1-10,17-24,39-43H,11-16,25-32,50-51H2,(H2,52,58)(H,53,59)(H,54,60)(H,55,62)(H,56,61)(H,57,63). The third-order valence-corrected chi connectivity index (χ3v) is 11.3. The highest BCUT2D eigenvalue weighted by Gasteiger charge is 2.33. The molecule has 340 valence electrons. The molecule has 0 saturated carbocycles. The van der Waals surface area contributed by atoms with Gasteiger partial charge in [-0.25, -0.2) is 4.79 Å². The van der Waals surface area contributed by atoms with E-state index in [1.54, 1.807) is 24.3 Å². The lowest BCUT2D eigenvalue weighted by molar-refractivity contribution is -0.133. The summed E-state index contributed by atoms with van der Waals surface area (Å²) in [5.74, 6) is -3.02. The third kappa shape index (κ3) is 14.5. The topological polar surface area (TPSA) is 250 Å². The first-order valence-electron chi connectivity index (χ1n) is 22.2. The van der Waals surface area contributed by atoms with E-state index in [1.165, 1.54) is 0 Å². The molecule has 11 N–H and O–H groups in total. The number of hydrogen-bond donors (Lipinski definition) is 8. The fourth-order valence-electron chi connectivity index (χ4n) is 7.83. The number of carbonyl (C=O) groups is 6. The largest absolute Gasteiger partial charge is 0.449 e. The summed E-state index contributed by atoms with van der Waals surface area (Å²) >= 11 is 0. The zero-order valence-electron chi connectivity index (χ0n) is 36.3. The zero-order valence-corrected chi connectivity index (χ0v) is 36.3. The second kappa shape index (κ2) is 25.5. The predicted octanol–water partition coefficient (Wildman–Crippen LogP) is 3.93. The molecule has 0 aliphatic heterocycles. The number of nitrogens with one attached hydrogen (secondary N) is 5. The summed E-state index contributed by atoms with van der Waals surface area (Å²) in [5.41, 5.74) is 22.8. The quantitative estimate of drug-likeness (QED) is 0.0425. The van der Waals surface area contributed by atoms with Gasteiger partial charge in [-0.15, -0.1) is 0 Å². The van der Waals surface area contributed by atoms with E-state index in [-0.39, 0.29) is 44.1 Å². The Kier molecular flexibility index (Phi) is 19.3. The van der Waals surface area contributed by atoms with Crippen LogP contribution in [0.2, 0.25) is 0 Å². The highest BCUT2D eigenvalue weighted by atomic mass is 16.5. The Balaban J connectivity index is 1.24. The molecule has 4 aromatic carbocycles. The first kappa shape index (κ1) is 48.5. The molecule has 0 aromatic heterocycles. The van der Waals surface area contributed by atoms with E-state index in [4.69, 9.17) is 21.9 Å². The number of hydrogen-bond acceptors (Lipinski definition) is 9. The summed E-state index contributed by atoms with van der Waals surface area (Å²) in [7, 11) is 0. The van der Waals surface area contributed by atoms with Crippen LogP contribution in [0, 0.1) is 0 Å². The van der Waals surface area contributed by atoms with E-state index in [1.807, 2.05) is 84.9 Å². The molecule has 4 unspecified atom stereocenters. The fourth-order valence-corrected chi connectivity index (χ4v) is 7.83. The predicted molar refractivity (Wildman–Crippen MR) is 246 cm³/mol. The number of carbonyl (C=O) groups excluding carboxylic acids is 6. The van der Waals surface area contributed by atoms with Gasteiger partial charge in [0.2, 0.25) is 23.6 Å². The Labute approximate surface area is 375 Å². The molecule has 1 aliphatic carbocycles. The molecular formula is C49H62N8O7. The van der Waals surface area contributed by atoms with Crippen LogP contribution < -0.4 is 43.8 Å². The van der Waals surface area contributed by atoms with Gasteiger partial charge in [0, 0.05) is 24.4 Å². The van der Waals surface area contributed by atoms with Crippen molar-refractivity contribution in [3.8, 4) is 11.1 Å². The lowest BCUT2D eigenvalue weighted by Crippen LogP contribution is -2.58. The average Bonchev–Trinajstić information content (AvgIpc) is 3.63. The molecule has 15 nitrogen and oxygen atoms in total. The van der Waals surface area contributed by atoms with Crippen LogP contribution in [-0.2, 0) is 30.3 Å². The van der Waals surface area contributed by atoms with E-state index >= 15 is 0 Å². The fraction of sp³-hybridized carbons (Fsp3) is 0.388. The maximum absolute atomic E-state index is 14.2. The van der Waals surface area contributed by atoms with Crippen LogP contribution in [0.3, 0.4) is 0 Å². The van der Waals surface area contributed by atoms with Crippen LogP contribution in [0.25, 0.3) is 11.1 Å². The molecule has 0 heterocycles. The lowest BCUT2D eigenvalue weighted by Gasteiger charge is -2.26. The van der Waals surface area contributed by atoms with Crippen molar-refractivity contribution in [1.29, 1.82) is 0 Å². The van der Waals surface area contributed by atoms with Gasteiger partial charge in [-0.05, 0) is 111 Å². The summed E-state index contributed by atoms with van der Waals surface area (Å²) in [6.45, 7) is 1.15. The van der Waals surface area contributed by atoms with Crippen molar-refractivity contribution in [3.05, 3.63) is 131 Å². The van der Waals surface area contributed by atoms with Crippen molar-refractivity contribution in [2.24, 2.45) is 17.2 Å². The molecule has 0 radical (unpaired) electrons. The maximum Gasteiger partial charge on any atom is 0.407 e. The smallest absolute Gasteiger partial charge is 0.407 e.